The monoisotopic (exact) mass is 147 g/mol. The molecular weight excluding hydrogens is 129 g/mol. The standard InChI is InChI=1S/C8H18FN/c1-4-7(2)6-10-8(3)5-9/h7-8,10H,4-6H2,1-3H3/t7?,8-/m0/s1. The van der Waals surface area contributed by atoms with E-state index in [-0.39, 0.29) is 12.7 Å². The Bertz CT molecular complexity index is 65.7. The molecule has 0 aromatic rings. The molecule has 0 aliphatic rings. The van der Waals surface area contributed by atoms with Gasteiger partial charge in [-0.05, 0) is 19.4 Å². The maximum absolute atomic E-state index is 11.9. The van der Waals surface area contributed by atoms with Crippen LogP contribution >= 0.6 is 0 Å². The minimum absolute atomic E-state index is 0.0222. The minimum Gasteiger partial charge on any atom is -0.311 e. The van der Waals surface area contributed by atoms with E-state index in [0.29, 0.717) is 5.92 Å². The predicted octanol–water partition coefficient (Wildman–Crippen LogP) is 1.98. The van der Waals surface area contributed by atoms with Crippen LogP contribution in [-0.4, -0.2) is 19.3 Å². The van der Waals surface area contributed by atoms with Gasteiger partial charge in [-0.3, -0.25) is 0 Å². The maximum Gasteiger partial charge on any atom is 0.104 e. The average molecular weight is 147 g/mol. The highest BCUT2D eigenvalue weighted by molar-refractivity contribution is 4.60. The van der Waals surface area contributed by atoms with Crippen molar-refractivity contribution < 1.29 is 4.39 Å². The zero-order valence-corrected chi connectivity index (χ0v) is 7.15. The molecule has 0 saturated carbocycles. The van der Waals surface area contributed by atoms with E-state index in [4.69, 9.17) is 0 Å². The Morgan fingerprint density at radius 3 is 2.40 bits per heavy atom. The lowest BCUT2D eigenvalue weighted by atomic mass is 10.1. The summed E-state index contributed by atoms with van der Waals surface area (Å²) in [6.07, 6.45) is 1.16. The van der Waals surface area contributed by atoms with Crippen molar-refractivity contribution in [2.24, 2.45) is 5.92 Å². The molecular formula is C8H18FN. The van der Waals surface area contributed by atoms with Crippen molar-refractivity contribution in [2.75, 3.05) is 13.2 Å². The lowest BCUT2D eigenvalue weighted by Crippen LogP contribution is -2.31. The Labute approximate surface area is 63.0 Å². The fourth-order valence-electron chi connectivity index (χ4n) is 0.601. The molecule has 62 valence electrons. The van der Waals surface area contributed by atoms with Crippen LogP contribution in [0.15, 0.2) is 0 Å². The van der Waals surface area contributed by atoms with Crippen LogP contribution in [0.25, 0.3) is 0 Å². The molecule has 0 rings (SSSR count). The molecule has 2 atom stereocenters. The summed E-state index contributed by atoms with van der Waals surface area (Å²) in [6, 6.07) is 0.0222. The van der Waals surface area contributed by atoms with E-state index < -0.39 is 0 Å². The molecule has 1 nitrogen and oxygen atoms in total. The molecule has 1 N–H and O–H groups in total. The normalized spacial score (nSPS) is 16.8. The van der Waals surface area contributed by atoms with Crippen molar-refractivity contribution in [3.05, 3.63) is 0 Å². The van der Waals surface area contributed by atoms with E-state index in [0.717, 1.165) is 13.0 Å². The van der Waals surface area contributed by atoms with Gasteiger partial charge in [-0.25, -0.2) is 4.39 Å². The second-order valence-electron chi connectivity index (χ2n) is 2.98. The van der Waals surface area contributed by atoms with Crippen LogP contribution in [0.4, 0.5) is 4.39 Å². The molecule has 0 amide bonds. The van der Waals surface area contributed by atoms with Crippen LogP contribution in [0.2, 0.25) is 0 Å². The van der Waals surface area contributed by atoms with Gasteiger partial charge in [-0.15, -0.1) is 0 Å². The highest BCUT2D eigenvalue weighted by atomic mass is 19.1. The summed E-state index contributed by atoms with van der Waals surface area (Å²) < 4.78 is 11.9. The first kappa shape index (κ1) is 9.89. The molecule has 0 aliphatic heterocycles. The average Bonchev–Trinajstić information content (AvgIpc) is 1.99. The highest BCUT2D eigenvalue weighted by Crippen LogP contribution is 1.97. The summed E-state index contributed by atoms with van der Waals surface area (Å²) in [7, 11) is 0. The van der Waals surface area contributed by atoms with Crippen LogP contribution in [0.3, 0.4) is 0 Å². The molecule has 10 heavy (non-hydrogen) atoms. The fraction of sp³-hybridized carbons (Fsp3) is 1.00. The van der Waals surface area contributed by atoms with Crippen molar-refractivity contribution in [3.8, 4) is 0 Å². The summed E-state index contributed by atoms with van der Waals surface area (Å²) in [5.74, 6) is 0.661. The summed E-state index contributed by atoms with van der Waals surface area (Å²) in [5.41, 5.74) is 0. The van der Waals surface area contributed by atoms with Gasteiger partial charge >= 0.3 is 0 Å². The number of halogens is 1. The van der Waals surface area contributed by atoms with Crippen LogP contribution < -0.4 is 5.32 Å². The van der Waals surface area contributed by atoms with Gasteiger partial charge in [0, 0.05) is 6.04 Å². The predicted molar refractivity (Wildman–Crippen MR) is 42.9 cm³/mol. The molecule has 0 radical (unpaired) electrons. The van der Waals surface area contributed by atoms with Crippen molar-refractivity contribution in [2.45, 2.75) is 33.2 Å². The van der Waals surface area contributed by atoms with E-state index in [9.17, 15) is 4.39 Å². The second kappa shape index (κ2) is 5.66. The minimum atomic E-state index is -0.267. The third-order valence-electron chi connectivity index (χ3n) is 1.74. The van der Waals surface area contributed by atoms with Gasteiger partial charge in [0.25, 0.3) is 0 Å². The molecule has 0 fully saturated rings. The van der Waals surface area contributed by atoms with Crippen molar-refractivity contribution in [1.82, 2.24) is 5.32 Å². The third-order valence-corrected chi connectivity index (χ3v) is 1.74. The Morgan fingerprint density at radius 1 is 1.40 bits per heavy atom. The topological polar surface area (TPSA) is 12.0 Å². The lowest BCUT2D eigenvalue weighted by Gasteiger charge is -2.13. The number of nitrogens with one attached hydrogen (secondary N) is 1. The smallest absolute Gasteiger partial charge is 0.104 e. The van der Waals surface area contributed by atoms with Gasteiger partial charge in [0.1, 0.15) is 6.67 Å². The number of alkyl halides is 1. The lowest BCUT2D eigenvalue weighted by molar-refractivity contribution is 0.369. The highest BCUT2D eigenvalue weighted by Gasteiger charge is 2.01. The fourth-order valence-corrected chi connectivity index (χ4v) is 0.601. The van der Waals surface area contributed by atoms with Crippen LogP contribution in [0, 0.1) is 5.92 Å². The number of hydrogen-bond acceptors (Lipinski definition) is 1. The van der Waals surface area contributed by atoms with Crippen molar-refractivity contribution >= 4 is 0 Å². The van der Waals surface area contributed by atoms with Crippen LogP contribution in [0.5, 0.6) is 0 Å². The molecule has 0 aliphatic carbocycles. The Kier molecular flexibility index (Phi) is 5.60. The molecule has 0 heterocycles. The zero-order valence-electron chi connectivity index (χ0n) is 7.15. The SMILES string of the molecule is CCC(C)CN[C@@H](C)CF. The first-order valence-electron chi connectivity index (χ1n) is 4.00. The Balaban J connectivity index is 3.17. The molecule has 0 aromatic heterocycles. The molecule has 0 spiro atoms. The van der Waals surface area contributed by atoms with Crippen LogP contribution in [-0.2, 0) is 0 Å². The molecule has 2 heteroatoms. The first-order chi connectivity index (χ1) is 4.70. The van der Waals surface area contributed by atoms with Crippen LogP contribution in [0.1, 0.15) is 27.2 Å². The number of hydrogen-bond donors (Lipinski definition) is 1. The Hall–Kier alpha value is -0.110. The summed E-state index contributed by atoms with van der Waals surface area (Å²) in [6.45, 7) is 6.84. The Morgan fingerprint density at radius 2 is 2.00 bits per heavy atom. The summed E-state index contributed by atoms with van der Waals surface area (Å²) in [4.78, 5) is 0. The quantitative estimate of drug-likeness (QED) is 0.627. The van der Waals surface area contributed by atoms with Gasteiger partial charge in [0.2, 0.25) is 0 Å². The van der Waals surface area contributed by atoms with E-state index in [1.807, 2.05) is 6.92 Å². The number of rotatable bonds is 5. The van der Waals surface area contributed by atoms with Gasteiger partial charge in [-0.1, -0.05) is 20.3 Å². The van der Waals surface area contributed by atoms with E-state index in [2.05, 4.69) is 19.2 Å². The van der Waals surface area contributed by atoms with E-state index in [1.54, 1.807) is 0 Å². The summed E-state index contributed by atoms with van der Waals surface area (Å²) >= 11 is 0. The van der Waals surface area contributed by atoms with E-state index >= 15 is 0 Å². The van der Waals surface area contributed by atoms with Gasteiger partial charge in [0.15, 0.2) is 0 Å². The first-order valence-corrected chi connectivity index (χ1v) is 4.00. The largest absolute Gasteiger partial charge is 0.311 e. The van der Waals surface area contributed by atoms with Gasteiger partial charge in [-0.2, -0.15) is 0 Å². The van der Waals surface area contributed by atoms with Crippen molar-refractivity contribution in [3.63, 3.8) is 0 Å². The van der Waals surface area contributed by atoms with Gasteiger partial charge in [0.05, 0.1) is 0 Å². The van der Waals surface area contributed by atoms with Crippen molar-refractivity contribution in [1.29, 1.82) is 0 Å². The second-order valence-corrected chi connectivity index (χ2v) is 2.98. The maximum atomic E-state index is 11.9. The summed E-state index contributed by atoms with van der Waals surface area (Å²) in [5, 5.41) is 3.11. The third kappa shape index (κ3) is 4.74. The zero-order chi connectivity index (χ0) is 7.98. The molecule has 0 saturated heterocycles. The molecule has 0 aromatic carbocycles. The molecule has 0 bridgehead atoms. The van der Waals surface area contributed by atoms with E-state index in [1.165, 1.54) is 0 Å². The van der Waals surface area contributed by atoms with Gasteiger partial charge < -0.3 is 5.32 Å². The molecule has 1 unspecified atom stereocenters.